The van der Waals surface area contributed by atoms with Gasteiger partial charge in [-0.05, 0) is 31.2 Å². The predicted molar refractivity (Wildman–Crippen MR) is 91.6 cm³/mol. The molecule has 2 aromatic rings. The van der Waals surface area contributed by atoms with E-state index in [-0.39, 0.29) is 24.3 Å². The number of aromatic nitrogens is 1. The van der Waals surface area contributed by atoms with Crippen LogP contribution in [0.5, 0.6) is 0 Å². The van der Waals surface area contributed by atoms with Crippen LogP contribution in [0.1, 0.15) is 24.2 Å². The van der Waals surface area contributed by atoms with Crippen LogP contribution in [0.15, 0.2) is 30.5 Å². The summed E-state index contributed by atoms with van der Waals surface area (Å²) >= 11 is 5.77. The summed E-state index contributed by atoms with van der Waals surface area (Å²) in [5, 5.41) is 5.62. The van der Waals surface area contributed by atoms with Crippen molar-refractivity contribution in [2.24, 2.45) is 0 Å². The average molecular weight is 381 g/mol. The maximum atomic E-state index is 13.9. The third-order valence-electron chi connectivity index (χ3n) is 3.98. The van der Waals surface area contributed by atoms with Gasteiger partial charge >= 0.3 is 6.03 Å². The fourth-order valence-electron chi connectivity index (χ4n) is 2.63. The molecule has 0 aliphatic carbocycles. The van der Waals surface area contributed by atoms with Crippen molar-refractivity contribution in [3.05, 3.63) is 58.4 Å². The first-order chi connectivity index (χ1) is 12.3. The van der Waals surface area contributed by atoms with Crippen molar-refractivity contribution in [1.82, 2.24) is 15.2 Å². The van der Waals surface area contributed by atoms with Gasteiger partial charge in [0.05, 0.1) is 29.0 Å². The first-order valence-corrected chi connectivity index (χ1v) is 8.16. The van der Waals surface area contributed by atoms with Crippen molar-refractivity contribution in [3.63, 3.8) is 0 Å². The van der Waals surface area contributed by atoms with E-state index in [2.05, 4.69) is 15.6 Å². The second-order valence-corrected chi connectivity index (χ2v) is 6.30. The molecule has 136 valence electrons. The molecule has 6 nitrogen and oxygen atoms in total. The second-order valence-electron chi connectivity index (χ2n) is 5.86. The summed E-state index contributed by atoms with van der Waals surface area (Å²) in [5.74, 6) is -2.50. The van der Waals surface area contributed by atoms with Crippen LogP contribution in [0.3, 0.4) is 0 Å². The van der Waals surface area contributed by atoms with Crippen LogP contribution >= 0.6 is 11.6 Å². The number of pyridine rings is 1. The smallest absolute Gasteiger partial charge is 0.322 e. The Morgan fingerprint density at radius 1 is 1.38 bits per heavy atom. The van der Waals surface area contributed by atoms with Gasteiger partial charge in [-0.2, -0.15) is 0 Å². The maximum Gasteiger partial charge on any atom is 0.322 e. The highest BCUT2D eigenvalue weighted by atomic mass is 35.5. The van der Waals surface area contributed by atoms with E-state index < -0.39 is 29.6 Å². The number of carbonyl (C=O) groups excluding carboxylic acids is 2. The summed E-state index contributed by atoms with van der Waals surface area (Å²) in [7, 11) is 0. The minimum Gasteiger partial charge on any atom is -0.346 e. The number of rotatable bonds is 4. The molecule has 0 saturated carbocycles. The lowest BCUT2D eigenvalue weighted by molar-refractivity contribution is -0.122. The molecule has 0 unspecified atom stereocenters. The number of nitrogens with one attached hydrogen (secondary N) is 2. The van der Waals surface area contributed by atoms with Crippen molar-refractivity contribution >= 4 is 29.2 Å². The van der Waals surface area contributed by atoms with Gasteiger partial charge in [0.15, 0.2) is 11.6 Å². The van der Waals surface area contributed by atoms with E-state index >= 15 is 0 Å². The predicted octanol–water partition coefficient (Wildman–Crippen LogP) is 3.24. The fraction of sp³-hybridized carbons (Fsp3) is 0.235. The van der Waals surface area contributed by atoms with Crippen LogP contribution in [0.25, 0.3) is 0 Å². The zero-order valence-electron chi connectivity index (χ0n) is 13.7. The maximum absolute atomic E-state index is 13.9. The number of benzene rings is 1. The third kappa shape index (κ3) is 3.75. The Hall–Kier alpha value is -2.74. The van der Waals surface area contributed by atoms with Crippen LogP contribution in [-0.2, 0) is 11.3 Å². The van der Waals surface area contributed by atoms with E-state index in [1.54, 1.807) is 19.1 Å². The number of nitrogens with zero attached hydrogens (tertiary/aromatic N) is 2. The standard InChI is InChI=1S/C17H15ClF2N4O2/c1-9(13-4-2-10(18)6-21-13)22-15(25)8-24-7-11-14(23-17(24)26)5-3-12(19)16(11)20/h2-6,9H,7-8H2,1H3,(H,22,25)(H,23,26)/t9-/m0/s1. The first-order valence-electron chi connectivity index (χ1n) is 7.78. The van der Waals surface area contributed by atoms with Gasteiger partial charge < -0.3 is 15.5 Å². The second kappa shape index (κ2) is 7.25. The van der Waals surface area contributed by atoms with Gasteiger partial charge in [-0.25, -0.2) is 13.6 Å². The highest BCUT2D eigenvalue weighted by molar-refractivity contribution is 6.30. The molecule has 0 saturated heterocycles. The summed E-state index contributed by atoms with van der Waals surface area (Å²) in [6.45, 7) is 1.22. The topological polar surface area (TPSA) is 74.3 Å². The Labute approximate surface area is 153 Å². The lowest BCUT2D eigenvalue weighted by atomic mass is 10.1. The van der Waals surface area contributed by atoms with Crippen molar-refractivity contribution in [2.45, 2.75) is 19.5 Å². The first kappa shape index (κ1) is 18.1. The molecule has 9 heteroatoms. The number of halogens is 3. The van der Waals surface area contributed by atoms with Crippen LogP contribution in [0.4, 0.5) is 19.3 Å². The summed E-state index contributed by atoms with van der Waals surface area (Å²) in [5.41, 5.74) is 0.804. The molecule has 1 aliphatic rings. The molecule has 3 rings (SSSR count). The minimum atomic E-state index is -1.04. The molecule has 0 radical (unpaired) electrons. The molecule has 1 aromatic carbocycles. The molecule has 0 fully saturated rings. The van der Waals surface area contributed by atoms with Crippen molar-refractivity contribution in [2.75, 3.05) is 11.9 Å². The molecule has 2 heterocycles. The minimum absolute atomic E-state index is 0.00446. The van der Waals surface area contributed by atoms with Gasteiger partial charge in [0.25, 0.3) is 0 Å². The summed E-state index contributed by atoms with van der Waals surface area (Å²) in [6, 6.07) is 4.59. The quantitative estimate of drug-likeness (QED) is 0.855. The SMILES string of the molecule is C[C@H](NC(=O)CN1Cc2c(ccc(F)c2F)NC1=O)c1ccc(Cl)cn1. The van der Waals surface area contributed by atoms with Crippen molar-refractivity contribution < 1.29 is 18.4 Å². The van der Waals surface area contributed by atoms with E-state index in [9.17, 15) is 18.4 Å². The Bertz CT molecular complexity index is 861. The van der Waals surface area contributed by atoms with Crippen LogP contribution in [-0.4, -0.2) is 28.4 Å². The van der Waals surface area contributed by atoms with Crippen LogP contribution in [0, 0.1) is 11.6 Å². The van der Waals surface area contributed by atoms with Gasteiger partial charge in [0.1, 0.15) is 6.54 Å². The summed E-state index contributed by atoms with van der Waals surface area (Å²) in [6.07, 6.45) is 1.46. The van der Waals surface area contributed by atoms with E-state index in [1.165, 1.54) is 12.3 Å². The lowest BCUT2D eigenvalue weighted by Gasteiger charge is -2.29. The zero-order chi connectivity index (χ0) is 18.8. The normalized spacial score (nSPS) is 14.5. The van der Waals surface area contributed by atoms with Crippen LogP contribution < -0.4 is 10.6 Å². The molecule has 1 aromatic heterocycles. The summed E-state index contributed by atoms with van der Waals surface area (Å²) < 4.78 is 27.3. The van der Waals surface area contributed by atoms with Gasteiger partial charge in [-0.15, -0.1) is 0 Å². The number of hydrogen-bond acceptors (Lipinski definition) is 3. The van der Waals surface area contributed by atoms with E-state index in [1.807, 2.05) is 0 Å². The zero-order valence-corrected chi connectivity index (χ0v) is 14.5. The highest BCUT2D eigenvalue weighted by Crippen LogP contribution is 2.27. The molecule has 0 bridgehead atoms. The molecule has 0 spiro atoms. The van der Waals surface area contributed by atoms with Gasteiger partial charge in [-0.3, -0.25) is 9.78 Å². The van der Waals surface area contributed by atoms with Crippen molar-refractivity contribution in [3.8, 4) is 0 Å². The summed E-state index contributed by atoms with van der Waals surface area (Å²) in [4.78, 5) is 29.5. The Morgan fingerprint density at radius 2 is 2.15 bits per heavy atom. The molecule has 26 heavy (non-hydrogen) atoms. The third-order valence-corrected chi connectivity index (χ3v) is 4.20. The number of fused-ring (bicyclic) bond motifs is 1. The fourth-order valence-corrected chi connectivity index (χ4v) is 2.74. The van der Waals surface area contributed by atoms with Gasteiger partial charge in [0, 0.05) is 11.8 Å². The number of hydrogen-bond donors (Lipinski definition) is 2. The number of urea groups is 1. The molecular weight excluding hydrogens is 366 g/mol. The molecule has 3 amide bonds. The largest absolute Gasteiger partial charge is 0.346 e. The van der Waals surface area contributed by atoms with Gasteiger partial charge in [0.2, 0.25) is 5.91 Å². The number of anilines is 1. The Morgan fingerprint density at radius 3 is 2.85 bits per heavy atom. The van der Waals surface area contributed by atoms with Crippen molar-refractivity contribution in [1.29, 1.82) is 0 Å². The Kier molecular flexibility index (Phi) is 5.03. The molecule has 1 aliphatic heterocycles. The van der Waals surface area contributed by atoms with E-state index in [0.29, 0.717) is 10.7 Å². The van der Waals surface area contributed by atoms with Crippen LogP contribution in [0.2, 0.25) is 5.02 Å². The monoisotopic (exact) mass is 380 g/mol. The number of amides is 3. The lowest BCUT2D eigenvalue weighted by Crippen LogP contribution is -2.45. The Balaban J connectivity index is 1.66. The highest BCUT2D eigenvalue weighted by Gasteiger charge is 2.28. The molecule has 1 atom stereocenters. The van der Waals surface area contributed by atoms with E-state index in [0.717, 1.165) is 11.0 Å². The average Bonchev–Trinajstić information content (AvgIpc) is 2.60. The van der Waals surface area contributed by atoms with Gasteiger partial charge in [-0.1, -0.05) is 11.6 Å². The molecule has 2 N–H and O–H groups in total. The van der Waals surface area contributed by atoms with E-state index in [4.69, 9.17) is 11.6 Å². The number of carbonyl (C=O) groups is 2. The molecular formula is C17H15ClF2N4O2.